The van der Waals surface area contributed by atoms with Crippen LogP contribution in [0.25, 0.3) is 6.08 Å². The molecule has 0 saturated heterocycles. The molecule has 0 unspecified atom stereocenters. The summed E-state index contributed by atoms with van der Waals surface area (Å²) < 4.78 is 0. The molecular weight excluding hydrogens is 186 g/mol. The van der Waals surface area contributed by atoms with Gasteiger partial charge in [-0.1, -0.05) is 23.8 Å². The highest BCUT2D eigenvalue weighted by molar-refractivity contribution is 6.30. The summed E-state index contributed by atoms with van der Waals surface area (Å²) in [6.07, 6.45) is 8.08. The van der Waals surface area contributed by atoms with Gasteiger partial charge in [-0.05, 0) is 20.0 Å². The lowest BCUT2D eigenvalue weighted by molar-refractivity contribution is 0.809. The topological polar surface area (TPSA) is 37.8 Å². The lowest BCUT2D eigenvalue weighted by Crippen LogP contribution is -2.05. The Morgan fingerprint density at radius 2 is 2.46 bits per heavy atom. The average Bonchev–Trinajstić information content (AvgIpc) is 2.15. The molecule has 0 spiro atoms. The first-order valence-electron chi connectivity index (χ1n) is 4.11. The van der Waals surface area contributed by atoms with Crippen molar-refractivity contribution in [2.24, 2.45) is 0 Å². The van der Waals surface area contributed by atoms with Gasteiger partial charge in [-0.2, -0.15) is 0 Å². The van der Waals surface area contributed by atoms with Crippen LogP contribution in [0.4, 0.5) is 0 Å². The number of hydrogen-bond donors (Lipinski definition) is 1. The second-order valence-electron chi connectivity index (χ2n) is 2.56. The van der Waals surface area contributed by atoms with Crippen LogP contribution in [-0.2, 0) is 0 Å². The van der Waals surface area contributed by atoms with Crippen molar-refractivity contribution < 1.29 is 0 Å². The molecule has 0 aliphatic carbocycles. The van der Waals surface area contributed by atoms with E-state index >= 15 is 0 Å². The summed E-state index contributed by atoms with van der Waals surface area (Å²) in [4.78, 5) is 7.75. The molecule has 0 saturated carbocycles. The summed E-state index contributed by atoms with van der Waals surface area (Å²) in [5.74, 6) is 0. The molecule has 0 aliphatic heterocycles. The molecule has 0 radical (unpaired) electrons. The van der Waals surface area contributed by atoms with E-state index in [2.05, 4.69) is 15.3 Å². The van der Waals surface area contributed by atoms with Crippen LogP contribution in [0.1, 0.15) is 12.0 Å². The highest BCUT2D eigenvalue weighted by Gasteiger charge is 1.94. The van der Waals surface area contributed by atoms with E-state index < -0.39 is 0 Å². The average molecular weight is 198 g/mol. The maximum Gasteiger partial charge on any atom is 0.139 e. The van der Waals surface area contributed by atoms with Crippen molar-refractivity contribution in [3.05, 3.63) is 29.3 Å². The molecule has 13 heavy (non-hydrogen) atoms. The molecule has 1 rings (SSSR count). The van der Waals surface area contributed by atoms with Crippen LogP contribution in [0.3, 0.4) is 0 Å². The van der Waals surface area contributed by atoms with Crippen molar-refractivity contribution >= 4 is 17.7 Å². The van der Waals surface area contributed by atoms with E-state index in [1.165, 1.54) is 6.33 Å². The number of nitrogens with one attached hydrogen (secondary N) is 1. The van der Waals surface area contributed by atoms with Gasteiger partial charge in [0.2, 0.25) is 0 Å². The van der Waals surface area contributed by atoms with Gasteiger partial charge in [-0.15, -0.1) is 0 Å². The van der Waals surface area contributed by atoms with E-state index in [1.54, 1.807) is 6.20 Å². The van der Waals surface area contributed by atoms with E-state index in [-0.39, 0.29) is 0 Å². The SMILES string of the molecule is CNCCC=Cc1cncnc1Cl. The summed E-state index contributed by atoms with van der Waals surface area (Å²) in [5, 5.41) is 3.55. The monoisotopic (exact) mass is 197 g/mol. The quantitative estimate of drug-likeness (QED) is 0.591. The zero-order valence-corrected chi connectivity index (χ0v) is 8.25. The van der Waals surface area contributed by atoms with Gasteiger partial charge in [0.15, 0.2) is 0 Å². The number of rotatable bonds is 4. The van der Waals surface area contributed by atoms with Crippen molar-refractivity contribution in [3.63, 3.8) is 0 Å². The van der Waals surface area contributed by atoms with Crippen molar-refractivity contribution in [1.29, 1.82) is 0 Å². The van der Waals surface area contributed by atoms with Crippen LogP contribution < -0.4 is 5.32 Å². The third-order valence-corrected chi connectivity index (χ3v) is 1.86. The van der Waals surface area contributed by atoms with Crippen LogP contribution in [0.2, 0.25) is 5.15 Å². The Hall–Kier alpha value is -0.930. The van der Waals surface area contributed by atoms with Gasteiger partial charge in [0, 0.05) is 11.8 Å². The van der Waals surface area contributed by atoms with Gasteiger partial charge in [-0.25, -0.2) is 9.97 Å². The smallest absolute Gasteiger partial charge is 0.139 e. The van der Waals surface area contributed by atoms with Gasteiger partial charge in [0.25, 0.3) is 0 Å². The predicted molar refractivity (Wildman–Crippen MR) is 54.6 cm³/mol. The maximum atomic E-state index is 5.82. The molecule has 0 aromatic carbocycles. The molecule has 1 aromatic rings. The summed E-state index contributed by atoms with van der Waals surface area (Å²) >= 11 is 5.82. The second-order valence-corrected chi connectivity index (χ2v) is 2.92. The summed E-state index contributed by atoms with van der Waals surface area (Å²) in [6, 6.07) is 0. The fraction of sp³-hybridized carbons (Fsp3) is 0.333. The van der Waals surface area contributed by atoms with E-state index in [9.17, 15) is 0 Å². The highest BCUT2D eigenvalue weighted by Crippen LogP contribution is 2.11. The summed E-state index contributed by atoms with van der Waals surface area (Å²) in [5.41, 5.74) is 0.861. The van der Waals surface area contributed by atoms with Crippen LogP contribution in [0.5, 0.6) is 0 Å². The van der Waals surface area contributed by atoms with Crippen molar-refractivity contribution in [1.82, 2.24) is 15.3 Å². The molecule has 0 atom stereocenters. The molecule has 1 heterocycles. The predicted octanol–water partition coefficient (Wildman–Crippen LogP) is 1.75. The number of nitrogens with zero attached hydrogens (tertiary/aromatic N) is 2. The Kier molecular flexibility index (Phi) is 4.43. The van der Waals surface area contributed by atoms with Gasteiger partial charge < -0.3 is 5.32 Å². The van der Waals surface area contributed by atoms with Crippen molar-refractivity contribution in [3.8, 4) is 0 Å². The number of aromatic nitrogens is 2. The largest absolute Gasteiger partial charge is 0.319 e. The molecule has 0 aliphatic rings. The zero-order valence-electron chi connectivity index (χ0n) is 7.50. The van der Waals surface area contributed by atoms with Crippen LogP contribution in [-0.4, -0.2) is 23.6 Å². The molecule has 0 fully saturated rings. The van der Waals surface area contributed by atoms with E-state index in [0.717, 1.165) is 18.5 Å². The third kappa shape index (κ3) is 3.53. The first-order chi connectivity index (χ1) is 6.34. The normalized spacial score (nSPS) is 10.9. The summed E-state index contributed by atoms with van der Waals surface area (Å²) in [6.45, 7) is 0.960. The van der Waals surface area contributed by atoms with E-state index in [1.807, 2.05) is 19.2 Å². The van der Waals surface area contributed by atoms with Crippen LogP contribution in [0, 0.1) is 0 Å². The molecule has 70 valence electrons. The minimum absolute atomic E-state index is 0.496. The molecule has 3 nitrogen and oxygen atoms in total. The zero-order chi connectivity index (χ0) is 9.52. The molecule has 0 amide bonds. The lowest BCUT2D eigenvalue weighted by Gasteiger charge is -1.94. The fourth-order valence-corrected chi connectivity index (χ4v) is 1.03. The Morgan fingerprint density at radius 1 is 1.62 bits per heavy atom. The number of hydrogen-bond acceptors (Lipinski definition) is 3. The van der Waals surface area contributed by atoms with Crippen molar-refractivity contribution in [2.45, 2.75) is 6.42 Å². The highest BCUT2D eigenvalue weighted by atomic mass is 35.5. The molecule has 1 N–H and O–H groups in total. The molecule has 4 heteroatoms. The first-order valence-corrected chi connectivity index (χ1v) is 4.49. The summed E-state index contributed by atoms with van der Waals surface area (Å²) in [7, 11) is 1.92. The Labute approximate surface area is 82.9 Å². The Bertz CT molecular complexity index is 286. The maximum absolute atomic E-state index is 5.82. The molecule has 0 bridgehead atoms. The molecule has 1 aromatic heterocycles. The molecular formula is C9H12ClN3. The fourth-order valence-electron chi connectivity index (χ4n) is 0.875. The van der Waals surface area contributed by atoms with Gasteiger partial charge >= 0.3 is 0 Å². The van der Waals surface area contributed by atoms with Gasteiger partial charge in [-0.3, -0.25) is 0 Å². The lowest BCUT2D eigenvalue weighted by atomic mass is 10.3. The Morgan fingerprint density at radius 3 is 3.15 bits per heavy atom. The minimum Gasteiger partial charge on any atom is -0.319 e. The Balaban J connectivity index is 2.53. The van der Waals surface area contributed by atoms with Gasteiger partial charge in [0.1, 0.15) is 11.5 Å². The van der Waals surface area contributed by atoms with E-state index in [0.29, 0.717) is 5.15 Å². The van der Waals surface area contributed by atoms with E-state index in [4.69, 9.17) is 11.6 Å². The van der Waals surface area contributed by atoms with Gasteiger partial charge in [0.05, 0.1) is 0 Å². The number of halogens is 1. The van der Waals surface area contributed by atoms with Crippen molar-refractivity contribution in [2.75, 3.05) is 13.6 Å². The first kappa shape index (κ1) is 10.2. The van der Waals surface area contributed by atoms with Crippen LogP contribution >= 0.6 is 11.6 Å². The minimum atomic E-state index is 0.496. The second kappa shape index (κ2) is 5.67. The standard InChI is InChI=1S/C9H12ClN3/c1-11-5-3-2-4-8-6-12-7-13-9(8)10/h2,4,6-7,11H,3,5H2,1H3. The third-order valence-electron chi connectivity index (χ3n) is 1.55. The van der Waals surface area contributed by atoms with Crippen LogP contribution in [0.15, 0.2) is 18.6 Å².